The van der Waals surface area contributed by atoms with E-state index in [2.05, 4.69) is 27.8 Å². The largest absolute Gasteiger partial charge is 0.337 e. The number of hydrogen-bond donors (Lipinski definition) is 1. The second-order valence-corrected chi connectivity index (χ2v) is 5.07. The van der Waals surface area contributed by atoms with Crippen LogP contribution in [0.15, 0.2) is 30.6 Å². The highest BCUT2D eigenvalue weighted by molar-refractivity contribution is 5.38. The highest BCUT2D eigenvalue weighted by Gasteiger charge is 2.19. The molecule has 18 heavy (non-hydrogen) atoms. The van der Waals surface area contributed by atoms with E-state index in [0.717, 1.165) is 5.82 Å². The van der Waals surface area contributed by atoms with Crippen molar-refractivity contribution in [1.29, 1.82) is 0 Å². The SMILES string of the molecule is Cn1ccnc1C(CN)c1ccc2c(c1)CCC2. The van der Waals surface area contributed by atoms with E-state index in [4.69, 9.17) is 5.73 Å². The van der Waals surface area contributed by atoms with Crippen molar-refractivity contribution in [2.45, 2.75) is 25.2 Å². The van der Waals surface area contributed by atoms with Crippen LogP contribution in [0, 0.1) is 0 Å². The number of nitrogens with two attached hydrogens (primary N) is 1. The van der Waals surface area contributed by atoms with Crippen molar-refractivity contribution in [1.82, 2.24) is 9.55 Å². The molecule has 0 aliphatic heterocycles. The summed E-state index contributed by atoms with van der Waals surface area (Å²) in [5.41, 5.74) is 10.3. The van der Waals surface area contributed by atoms with E-state index >= 15 is 0 Å². The topological polar surface area (TPSA) is 43.8 Å². The highest BCUT2D eigenvalue weighted by atomic mass is 15.0. The van der Waals surface area contributed by atoms with E-state index in [9.17, 15) is 0 Å². The van der Waals surface area contributed by atoms with Gasteiger partial charge in [0.1, 0.15) is 5.82 Å². The maximum Gasteiger partial charge on any atom is 0.117 e. The first-order valence-electron chi connectivity index (χ1n) is 6.58. The van der Waals surface area contributed by atoms with Gasteiger partial charge in [-0.25, -0.2) is 4.98 Å². The van der Waals surface area contributed by atoms with Crippen LogP contribution in [0.3, 0.4) is 0 Å². The van der Waals surface area contributed by atoms with E-state index < -0.39 is 0 Å². The van der Waals surface area contributed by atoms with Crippen LogP contribution in [0.1, 0.15) is 34.9 Å². The molecule has 1 aromatic heterocycles. The molecule has 1 aliphatic carbocycles. The highest BCUT2D eigenvalue weighted by Crippen LogP contribution is 2.28. The van der Waals surface area contributed by atoms with Gasteiger partial charge in [0, 0.05) is 26.0 Å². The molecule has 0 amide bonds. The minimum Gasteiger partial charge on any atom is -0.337 e. The Labute approximate surface area is 108 Å². The van der Waals surface area contributed by atoms with E-state index in [1.54, 1.807) is 0 Å². The van der Waals surface area contributed by atoms with Crippen molar-refractivity contribution in [3.63, 3.8) is 0 Å². The molecule has 0 saturated carbocycles. The first-order valence-corrected chi connectivity index (χ1v) is 6.58. The van der Waals surface area contributed by atoms with Gasteiger partial charge in [0.05, 0.1) is 5.92 Å². The fourth-order valence-electron chi connectivity index (χ4n) is 2.91. The van der Waals surface area contributed by atoms with Gasteiger partial charge in [-0.15, -0.1) is 0 Å². The Morgan fingerprint density at radius 3 is 2.89 bits per heavy atom. The molecule has 3 heteroatoms. The third kappa shape index (κ3) is 1.85. The first kappa shape index (κ1) is 11.5. The van der Waals surface area contributed by atoms with Gasteiger partial charge in [-0.1, -0.05) is 18.2 Å². The van der Waals surface area contributed by atoms with Gasteiger partial charge in [0.25, 0.3) is 0 Å². The fraction of sp³-hybridized carbons (Fsp3) is 0.400. The molecule has 2 N–H and O–H groups in total. The molecular weight excluding hydrogens is 222 g/mol. The van der Waals surface area contributed by atoms with Crippen molar-refractivity contribution in [2.75, 3.05) is 6.54 Å². The van der Waals surface area contributed by atoms with Gasteiger partial charge in [-0.2, -0.15) is 0 Å². The van der Waals surface area contributed by atoms with Crippen molar-refractivity contribution < 1.29 is 0 Å². The molecule has 1 heterocycles. The molecule has 94 valence electrons. The third-order valence-electron chi connectivity index (χ3n) is 3.93. The summed E-state index contributed by atoms with van der Waals surface area (Å²) in [5, 5.41) is 0. The summed E-state index contributed by atoms with van der Waals surface area (Å²) in [6.45, 7) is 0.601. The number of nitrogens with zero attached hydrogens (tertiary/aromatic N) is 2. The molecule has 0 saturated heterocycles. The Kier molecular flexibility index (Phi) is 2.92. The normalized spacial score (nSPS) is 15.7. The van der Waals surface area contributed by atoms with Gasteiger partial charge in [0.2, 0.25) is 0 Å². The van der Waals surface area contributed by atoms with Crippen LogP contribution >= 0.6 is 0 Å². The first-order chi connectivity index (χ1) is 8.79. The van der Waals surface area contributed by atoms with Gasteiger partial charge in [-0.3, -0.25) is 0 Å². The molecule has 0 radical (unpaired) electrons. The van der Waals surface area contributed by atoms with Gasteiger partial charge >= 0.3 is 0 Å². The molecule has 0 fully saturated rings. The summed E-state index contributed by atoms with van der Waals surface area (Å²) in [4.78, 5) is 4.44. The minimum atomic E-state index is 0.205. The standard InChI is InChI=1S/C15H19N3/c1-18-8-7-17-15(18)14(10-16)13-6-5-11-3-2-4-12(11)9-13/h5-9,14H,2-4,10,16H2,1H3. The smallest absolute Gasteiger partial charge is 0.117 e. The lowest BCUT2D eigenvalue weighted by Crippen LogP contribution is -2.17. The van der Waals surface area contributed by atoms with Crippen LogP contribution in [-0.4, -0.2) is 16.1 Å². The summed E-state index contributed by atoms with van der Waals surface area (Å²) in [7, 11) is 2.03. The molecule has 1 aliphatic rings. The number of hydrogen-bond acceptors (Lipinski definition) is 2. The Hall–Kier alpha value is -1.61. The molecule has 3 nitrogen and oxygen atoms in total. The summed E-state index contributed by atoms with van der Waals surface area (Å²) in [5.74, 6) is 1.26. The van der Waals surface area contributed by atoms with Crippen LogP contribution in [0.2, 0.25) is 0 Å². The molecule has 0 spiro atoms. The zero-order chi connectivity index (χ0) is 12.5. The monoisotopic (exact) mass is 241 g/mol. The Morgan fingerprint density at radius 2 is 2.17 bits per heavy atom. The second-order valence-electron chi connectivity index (χ2n) is 5.07. The van der Waals surface area contributed by atoms with Crippen molar-refractivity contribution in [3.05, 3.63) is 53.1 Å². The van der Waals surface area contributed by atoms with Crippen LogP contribution in [0.4, 0.5) is 0 Å². The Morgan fingerprint density at radius 1 is 1.33 bits per heavy atom. The predicted molar refractivity (Wildman–Crippen MR) is 72.6 cm³/mol. The average Bonchev–Trinajstić information content (AvgIpc) is 2.99. The third-order valence-corrected chi connectivity index (χ3v) is 3.93. The number of aryl methyl sites for hydroxylation is 3. The summed E-state index contributed by atoms with van der Waals surface area (Å²) in [6, 6.07) is 6.81. The lowest BCUT2D eigenvalue weighted by molar-refractivity contribution is 0.698. The zero-order valence-corrected chi connectivity index (χ0v) is 10.8. The fourth-order valence-corrected chi connectivity index (χ4v) is 2.91. The predicted octanol–water partition coefficient (Wildman–Crippen LogP) is 2.00. The van der Waals surface area contributed by atoms with E-state index in [-0.39, 0.29) is 5.92 Å². The number of fused-ring (bicyclic) bond motifs is 1. The minimum absolute atomic E-state index is 0.205. The van der Waals surface area contributed by atoms with Gasteiger partial charge in [0.15, 0.2) is 0 Å². The van der Waals surface area contributed by atoms with Crippen LogP contribution in [-0.2, 0) is 19.9 Å². The maximum absolute atomic E-state index is 5.96. The maximum atomic E-state index is 5.96. The zero-order valence-electron chi connectivity index (χ0n) is 10.8. The number of benzene rings is 1. The van der Waals surface area contributed by atoms with E-state index in [1.807, 2.05) is 19.4 Å². The van der Waals surface area contributed by atoms with Crippen molar-refractivity contribution >= 4 is 0 Å². The number of rotatable bonds is 3. The Balaban J connectivity index is 2.00. The molecule has 1 unspecified atom stereocenters. The molecule has 0 bridgehead atoms. The Bertz CT molecular complexity index is 557. The van der Waals surface area contributed by atoms with Gasteiger partial charge < -0.3 is 10.3 Å². The van der Waals surface area contributed by atoms with E-state index in [1.165, 1.54) is 36.0 Å². The lowest BCUT2D eigenvalue weighted by Gasteiger charge is -2.16. The molecule has 1 atom stereocenters. The van der Waals surface area contributed by atoms with Crippen LogP contribution in [0.25, 0.3) is 0 Å². The van der Waals surface area contributed by atoms with Gasteiger partial charge in [-0.05, 0) is 36.0 Å². The average molecular weight is 241 g/mol. The van der Waals surface area contributed by atoms with Crippen molar-refractivity contribution in [3.8, 4) is 0 Å². The molecule has 1 aromatic carbocycles. The number of imidazole rings is 1. The van der Waals surface area contributed by atoms with Crippen molar-refractivity contribution in [2.24, 2.45) is 12.8 Å². The summed E-state index contributed by atoms with van der Waals surface area (Å²) >= 11 is 0. The summed E-state index contributed by atoms with van der Waals surface area (Å²) < 4.78 is 2.06. The van der Waals surface area contributed by atoms with Crippen LogP contribution in [0.5, 0.6) is 0 Å². The quantitative estimate of drug-likeness (QED) is 0.893. The summed E-state index contributed by atoms with van der Waals surface area (Å²) in [6.07, 6.45) is 7.54. The van der Waals surface area contributed by atoms with Crippen LogP contribution < -0.4 is 5.73 Å². The molecular formula is C15H19N3. The molecule has 3 rings (SSSR count). The molecule has 2 aromatic rings. The second kappa shape index (κ2) is 4.58. The lowest BCUT2D eigenvalue weighted by atomic mass is 9.95. The number of aromatic nitrogens is 2. The van der Waals surface area contributed by atoms with E-state index in [0.29, 0.717) is 6.54 Å².